The molecule has 0 saturated heterocycles. The van der Waals surface area contributed by atoms with Gasteiger partial charge in [0.1, 0.15) is 0 Å². The molecule has 0 rings (SSSR count). The van der Waals surface area contributed by atoms with Crippen molar-refractivity contribution in [3.05, 3.63) is 12.7 Å². The summed E-state index contributed by atoms with van der Waals surface area (Å²) < 4.78 is 0. The molecular weight excluding hydrogens is 124 g/mol. The predicted molar refractivity (Wildman–Crippen MR) is 45.6 cm³/mol. The summed E-state index contributed by atoms with van der Waals surface area (Å²) in [7, 11) is 3.94. The van der Waals surface area contributed by atoms with Crippen LogP contribution in [0.25, 0.3) is 0 Å². The first-order valence-electron chi connectivity index (χ1n) is 3.66. The van der Waals surface area contributed by atoms with Crippen LogP contribution in [0.2, 0.25) is 0 Å². The Bertz CT molecular complexity index is 99.4. The fourth-order valence-corrected chi connectivity index (χ4v) is 1.03. The summed E-state index contributed by atoms with van der Waals surface area (Å²) in [5.41, 5.74) is 3.06. The predicted octanol–water partition coefficient (Wildman–Crippen LogP) is 1.26. The van der Waals surface area contributed by atoms with E-state index in [1.54, 1.807) is 0 Å². The minimum absolute atomic E-state index is 0.421. The molecule has 2 nitrogen and oxygen atoms in total. The third kappa shape index (κ3) is 2.50. The quantitative estimate of drug-likeness (QED) is 0.469. The van der Waals surface area contributed by atoms with Gasteiger partial charge in [-0.05, 0) is 13.0 Å². The maximum Gasteiger partial charge on any atom is 0.0440 e. The van der Waals surface area contributed by atoms with Crippen molar-refractivity contribution >= 4 is 0 Å². The van der Waals surface area contributed by atoms with Crippen molar-refractivity contribution in [2.45, 2.75) is 19.9 Å². The molecule has 0 heterocycles. The van der Waals surface area contributed by atoms with E-state index in [1.165, 1.54) is 0 Å². The Hall–Kier alpha value is -0.340. The molecular formula is C8H18N2. The van der Waals surface area contributed by atoms with Crippen molar-refractivity contribution in [1.82, 2.24) is 10.4 Å². The monoisotopic (exact) mass is 142 g/mol. The van der Waals surface area contributed by atoms with Gasteiger partial charge < -0.3 is 0 Å². The highest BCUT2D eigenvalue weighted by Crippen LogP contribution is 2.06. The zero-order valence-corrected chi connectivity index (χ0v) is 7.39. The average molecular weight is 142 g/mol. The molecule has 60 valence electrons. The van der Waals surface area contributed by atoms with Crippen LogP contribution in [0.4, 0.5) is 0 Å². The van der Waals surface area contributed by atoms with E-state index in [4.69, 9.17) is 0 Å². The number of nitrogens with zero attached hydrogens (tertiary/aromatic N) is 1. The summed E-state index contributed by atoms with van der Waals surface area (Å²) in [6.07, 6.45) is 1.96. The number of hydrogen-bond acceptors (Lipinski definition) is 2. The van der Waals surface area contributed by atoms with Crippen LogP contribution in [0, 0.1) is 5.92 Å². The number of nitrogens with one attached hydrogen (secondary N) is 1. The smallest absolute Gasteiger partial charge is 0.0440 e. The second kappa shape index (κ2) is 4.47. The molecule has 0 saturated carbocycles. The first-order chi connectivity index (χ1) is 4.63. The van der Waals surface area contributed by atoms with Gasteiger partial charge in [-0.3, -0.25) is 5.43 Å². The number of likely N-dealkylation sites (N-methyl/N-ethyl adjacent to an activating group) is 1. The van der Waals surface area contributed by atoms with E-state index < -0.39 is 0 Å². The molecule has 0 aromatic rings. The maximum absolute atomic E-state index is 3.77. The van der Waals surface area contributed by atoms with Crippen LogP contribution in [0.1, 0.15) is 13.8 Å². The molecule has 0 bridgehead atoms. The van der Waals surface area contributed by atoms with E-state index in [0.29, 0.717) is 12.0 Å². The lowest BCUT2D eigenvalue weighted by atomic mass is 10.0. The molecule has 1 unspecified atom stereocenters. The maximum atomic E-state index is 3.77. The van der Waals surface area contributed by atoms with E-state index in [-0.39, 0.29) is 0 Å². The molecule has 0 aliphatic heterocycles. The van der Waals surface area contributed by atoms with Crippen LogP contribution in [0.15, 0.2) is 12.7 Å². The Morgan fingerprint density at radius 3 is 2.10 bits per heavy atom. The van der Waals surface area contributed by atoms with Gasteiger partial charge in [0.05, 0.1) is 0 Å². The molecule has 0 aromatic heterocycles. The molecule has 0 spiro atoms. The highest BCUT2D eigenvalue weighted by Gasteiger charge is 2.12. The van der Waals surface area contributed by atoms with Gasteiger partial charge in [0, 0.05) is 13.1 Å². The third-order valence-electron chi connectivity index (χ3n) is 1.72. The van der Waals surface area contributed by atoms with Gasteiger partial charge in [-0.25, -0.2) is 5.01 Å². The normalized spacial score (nSPS) is 14.2. The van der Waals surface area contributed by atoms with Crippen molar-refractivity contribution in [2.24, 2.45) is 5.92 Å². The third-order valence-corrected chi connectivity index (χ3v) is 1.72. The van der Waals surface area contributed by atoms with Crippen molar-refractivity contribution in [1.29, 1.82) is 0 Å². The van der Waals surface area contributed by atoms with Crippen LogP contribution in [-0.4, -0.2) is 25.1 Å². The van der Waals surface area contributed by atoms with Gasteiger partial charge in [-0.2, -0.15) is 0 Å². The second-order valence-corrected chi connectivity index (χ2v) is 2.80. The standard InChI is InChI=1S/C8H18N2/c1-6-8(7(2)3)10(5)9-4/h6-9H,1H2,2-5H3. The van der Waals surface area contributed by atoms with Gasteiger partial charge in [0.25, 0.3) is 0 Å². The van der Waals surface area contributed by atoms with Crippen LogP contribution in [0.5, 0.6) is 0 Å². The van der Waals surface area contributed by atoms with Gasteiger partial charge in [0.2, 0.25) is 0 Å². The number of hydrazine groups is 1. The summed E-state index contributed by atoms with van der Waals surface area (Å²) in [5.74, 6) is 0.606. The molecule has 0 aliphatic carbocycles. The highest BCUT2D eigenvalue weighted by atomic mass is 15.5. The van der Waals surface area contributed by atoms with Crippen LogP contribution in [-0.2, 0) is 0 Å². The van der Waals surface area contributed by atoms with Crippen molar-refractivity contribution in [2.75, 3.05) is 14.1 Å². The summed E-state index contributed by atoms with van der Waals surface area (Å²) >= 11 is 0. The average Bonchev–Trinajstić information content (AvgIpc) is 1.88. The SMILES string of the molecule is C=CC(C(C)C)N(C)NC. The topological polar surface area (TPSA) is 15.3 Å². The molecule has 1 atom stereocenters. The molecule has 0 amide bonds. The summed E-state index contributed by atoms with van der Waals surface area (Å²) in [6.45, 7) is 8.13. The minimum atomic E-state index is 0.421. The van der Waals surface area contributed by atoms with Gasteiger partial charge in [-0.15, -0.1) is 6.58 Å². The number of hydrogen-bond donors (Lipinski definition) is 1. The lowest BCUT2D eigenvalue weighted by Gasteiger charge is -2.27. The largest absolute Gasteiger partial charge is 0.258 e. The summed E-state index contributed by atoms with van der Waals surface area (Å²) in [6, 6.07) is 0.421. The zero-order chi connectivity index (χ0) is 8.15. The first kappa shape index (κ1) is 9.66. The van der Waals surface area contributed by atoms with Crippen molar-refractivity contribution in [3.8, 4) is 0 Å². The molecule has 0 radical (unpaired) electrons. The summed E-state index contributed by atoms with van der Waals surface area (Å²) in [5, 5.41) is 2.05. The van der Waals surface area contributed by atoms with Crippen molar-refractivity contribution < 1.29 is 0 Å². The fraction of sp³-hybridized carbons (Fsp3) is 0.750. The van der Waals surface area contributed by atoms with Crippen molar-refractivity contribution in [3.63, 3.8) is 0 Å². The molecule has 10 heavy (non-hydrogen) atoms. The minimum Gasteiger partial charge on any atom is -0.258 e. The lowest BCUT2D eigenvalue weighted by molar-refractivity contribution is 0.176. The van der Waals surface area contributed by atoms with E-state index in [1.807, 2.05) is 20.2 Å². The molecule has 2 heteroatoms. The van der Waals surface area contributed by atoms with Crippen LogP contribution < -0.4 is 5.43 Å². The van der Waals surface area contributed by atoms with Crippen LogP contribution >= 0.6 is 0 Å². The molecule has 0 aliphatic rings. The van der Waals surface area contributed by atoms with Gasteiger partial charge in [0.15, 0.2) is 0 Å². The first-order valence-corrected chi connectivity index (χ1v) is 3.66. The lowest BCUT2D eigenvalue weighted by Crippen LogP contribution is -2.41. The van der Waals surface area contributed by atoms with Gasteiger partial charge >= 0.3 is 0 Å². The highest BCUT2D eigenvalue weighted by molar-refractivity contribution is 4.87. The Morgan fingerprint density at radius 2 is 2.00 bits per heavy atom. The molecule has 0 aromatic carbocycles. The molecule has 0 fully saturated rings. The molecule has 1 N–H and O–H groups in total. The van der Waals surface area contributed by atoms with E-state index in [2.05, 4.69) is 30.9 Å². The van der Waals surface area contributed by atoms with E-state index >= 15 is 0 Å². The Balaban J connectivity index is 3.92. The fourth-order valence-electron chi connectivity index (χ4n) is 1.03. The number of rotatable bonds is 4. The Morgan fingerprint density at radius 1 is 1.50 bits per heavy atom. The Labute approximate surface area is 63.9 Å². The Kier molecular flexibility index (Phi) is 4.32. The zero-order valence-electron chi connectivity index (χ0n) is 7.39. The summed E-state index contributed by atoms with van der Waals surface area (Å²) in [4.78, 5) is 0. The van der Waals surface area contributed by atoms with Gasteiger partial charge in [-0.1, -0.05) is 19.9 Å². The van der Waals surface area contributed by atoms with E-state index in [0.717, 1.165) is 0 Å². The second-order valence-electron chi connectivity index (χ2n) is 2.80. The van der Waals surface area contributed by atoms with Crippen LogP contribution in [0.3, 0.4) is 0 Å². The van der Waals surface area contributed by atoms with E-state index in [9.17, 15) is 0 Å².